The molecule has 0 amide bonds. The minimum absolute atomic E-state index is 0.611. The molecule has 2 N–H and O–H groups in total. The van der Waals surface area contributed by atoms with Crippen molar-refractivity contribution in [1.82, 2.24) is 0 Å². The Hall–Kier alpha value is -1.75. The molecule has 0 fully saturated rings. The van der Waals surface area contributed by atoms with Gasteiger partial charge in [0.2, 0.25) is 0 Å². The van der Waals surface area contributed by atoms with Crippen LogP contribution in [0.15, 0.2) is 29.8 Å². The van der Waals surface area contributed by atoms with Gasteiger partial charge in [-0.25, -0.2) is 0 Å². The van der Waals surface area contributed by atoms with Crippen molar-refractivity contribution in [2.24, 2.45) is 5.73 Å². The maximum atomic E-state index is 8.96. The van der Waals surface area contributed by atoms with Crippen molar-refractivity contribution in [2.45, 2.75) is 26.7 Å². The second kappa shape index (κ2) is 5.21. The third-order valence-corrected chi connectivity index (χ3v) is 2.32. The summed E-state index contributed by atoms with van der Waals surface area (Å²) in [4.78, 5) is 0. The number of benzene rings is 1. The van der Waals surface area contributed by atoms with E-state index in [1.165, 1.54) is 5.56 Å². The van der Waals surface area contributed by atoms with Crippen molar-refractivity contribution in [2.75, 3.05) is 0 Å². The van der Waals surface area contributed by atoms with E-state index in [-0.39, 0.29) is 0 Å². The Labute approximate surface area is 91.0 Å². The summed E-state index contributed by atoms with van der Waals surface area (Å²) in [5.74, 6) is 0. The Bertz CT molecular complexity index is 394. The predicted octanol–water partition coefficient (Wildman–Crippen LogP) is 2.99. The van der Waals surface area contributed by atoms with Crippen LogP contribution in [0.1, 0.15) is 30.9 Å². The minimum atomic E-state index is 0.611. The lowest BCUT2D eigenvalue weighted by atomic mass is 10.0. The largest absolute Gasteiger partial charge is 0.397 e. The highest BCUT2D eigenvalue weighted by atomic mass is 14.6. The number of nitrogens with zero attached hydrogens (tertiary/aromatic N) is 1. The summed E-state index contributed by atoms with van der Waals surface area (Å²) < 4.78 is 0. The second-order valence-corrected chi connectivity index (χ2v) is 3.62. The molecular formula is C13H16N2. The molecular weight excluding hydrogens is 184 g/mol. The molecule has 0 aliphatic rings. The molecule has 1 aromatic rings. The molecule has 0 aliphatic heterocycles. The zero-order valence-corrected chi connectivity index (χ0v) is 9.25. The first-order chi connectivity index (χ1) is 7.19. The summed E-state index contributed by atoms with van der Waals surface area (Å²) in [6, 6.07) is 10.1. The molecule has 1 aromatic carbocycles. The fourth-order valence-corrected chi connectivity index (χ4v) is 1.41. The molecule has 0 saturated carbocycles. The van der Waals surface area contributed by atoms with Gasteiger partial charge in [0.05, 0.1) is 17.3 Å². The molecule has 0 aliphatic carbocycles. The van der Waals surface area contributed by atoms with E-state index in [0.29, 0.717) is 11.3 Å². The van der Waals surface area contributed by atoms with Gasteiger partial charge in [-0.2, -0.15) is 5.26 Å². The highest BCUT2D eigenvalue weighted by molar-refractivity contribution is 5.69. The molecule has 0 aromatic heterocycles. The first kappa shape index (κ1) is 11.3. The Morgan fingerprint density at radius 3 is 2.40 bits per heavy atom. The van der Waals surface area contributed by atoms with E-state index in [1.807, 2.05) is 38.1 Å². The molecule has 0 unspecified atom stereocenters. The van der Waals surface area contributed by atoms with Gasteiger partial charge in [-0.05, 0) is 18.9 Å². The SMILES string of the molecule is CCC/C(C#N)=C(/N)c1ccc(C)cc1. The van der Waals surface area contributed by atoms with Crippen molar-refractivity contribution < 1.29 is 0 Å². The van der Waals surface area contributed by atoms with Gasteiger partial charge in [-0.15, -0.1) is 0 Å². The molecule has 0 heterocycles. The number of hydrogen-bond donors (Lipinski definition) is 1. The van der Waals surface area contributed by atoms with Crippen LogP contribution >= 0.6 is 0 Å². The van der Waals surface area contributed by atoms with Gasteiger partial charge >= 0.3 is 0 Å². The summed E-state index contributed by atoms with van der Waals surface area (Å²) in [5.41, 5.74) is 9.37. The quantitative estimate of drug-likeness (QED) is 0.762. The summed E-state index contributed by atoms with van der Waals surface area (Å²) in [7, 11) is 0. The number of aryl methyl sites for hydroxylation is 1. The van der Waals surface area contributed by atoms with Crippen molar-refractivity contribution in [3.8, 4) is 6.07 Å². The molecule has 1 rings (SSSR count). The number of hydrogen-bond acceptors (Lipinski definition) is 2. The molecule has 15 heavy (non-hydrogen) atoms. The van der Waals surface area contributed by atoms with Crippen LogP contribution < -0.4 is 5.73 Å². The fraction of sp³-hybridized carbons (Fsp3) is 0.308. The molecule has 0 atom stereocenters. The van der Waals surface area contributed by atoms with E-state index in [1.54, 1.807) is 0 Å². The molecule has 2 nitrogen and oxygen atoms in total. The highest BCUT2D eigenvalue weighted by Gasteiger charge is 2.04. The Morgan fingerprint density at radius 1 is 1.33 bits per heavy atom. The van der Waals surface area contributed by atoms with Gasteiger partial charge in [0.15, 0.2) is 0 Å². The van der Waals surface area contributed by atoms with Crippen molar-refractivity contribution in [3.05, 3.63) is 41.0 Å². The summed E-state index contributed by atoms with van der Waals surface area (Å²) in [6.07, 6.45) is 1.69. The van der Waals surface area contributed by atoms with E-state index in [2.05, 4.69) is 6.07 Å². The van der Waals surface area contributed by atoms with E-state index in [0.717, 1.165) is 18.4 Å². The van der Waals surface area contributed by atoms with Gasteiger partial charge < -0.3 is 5.73 Å². The normalized spacial score (nSPS) is 11.8. The van der Waals surface area contributed by atoms with Crippen LogP contribution in [0, 0.1) is 18.3 Å². The third kappa shape index (κ3) is 2.85. The maximum Gasteiger partial charge on any atom is 0.0968 e. The fourth-order valence-electron chi connectivity index (χ4n) is 1.41. The Balaban J connectivity index is 3.06. The van der Waals surface area contributed by atoms with Crippen molar-refractivity contribution >= 4 is 5.70 Å². The average Bonchev–Trinajstić information content (AvgIpc) is 2.26. The Kier molecular flexibility index (Phi) is 3.93. The van der Waals surface area contributed by atoms with Crippen molar-refractivity contribution in [3.63, 3.8) is 0 Å². The number of rotatable bonds is 3. The number of allylic oxidation sites excluding steroid dienone is 1. The van der Waals surface area contributed by atoms with Gasteiger partial charge in [-0.1, -0.05) is 43.2 Å². The molecule has 0 spiro atoms. The van der Waals surface area contributed by atoms with Gasteiger partial charge in [0, 0.05) is 0 Å². The predicted molar refractivity (Wildman–Crippen MR) is 62.8 cm³/mol. The zero-order valence-electron chi connectivity index (χ0n) is 9.25. The van der Waals surface area contributed by atoms with E-state index in [9.17, 15) is 0 Å². The van der Waals surface area contributed by atoms with Crippen LogP contribution in [-0.2, 0) is 0 Å². The van der Waals surface area contributed by atoms with Gasteiger partial charge in [0.25, 0.3) is 0 Å². The van der Waals surface area contributed by atoms with Gasteiger partial charge in [0.1, 0.15) is 0 Å². The highest BCUT2D eigenvalue weighted by Crippen LogP contribution is 2.17. The van der Waals surface area contributed by atoms with Crippen LogP contribution in [0.4, 0.5) is 0 Å². The van der Waals surface area contributed by atoms with Crippen LogP contribution in [0.2, 0.25) is 0 Å². The standard InChI is InChI=1S/C13H16N2/c1-3-4-12(9-14)13(15)11-7-5-10(2)6-8-11/h5-8H,3-4,15H2,1-2H3/b13-12-. The van der Waals surface area contributed by atoms with Crippen molar-refractivity contribution in [1.29, 1.82) is 5.26 Å². The lowest BCUT2D eigenvalue weighted by Gasteiger charge is -2.05. The Morgan fingerprint density at radius 2 is 1.93 bits per heavy atom. The van der Waals surface area contributed by atoms with Crippen LogP contribution in [0.3, 0.4) is 0 Å². The van der Waals surface area contributed by atoms with Crippen LogP contribution in [-0.4, -0.2) is 0 Å². The third-order valence-electron chi connectivity index (χ3n) is 2.32. The van der Waals surface area contributed by atoms with E-state index in [4.69, 9.17) is 11.0 Å². The first-order valence-corrected chi connectivity index (χ1v) is 5.14. The average molecular weight is 200 g/mol. The van der Waals surface area contributed by atoms with E-state index < -0.39 is 0 Å². The summed E-state index contributed by atoms with van der Waals surface area (Å²) in [5, 5.41) is 8.96. The molecule has 0 bridgehead atoms. The maximum absolute atomic E-state index is 8.96. The minimum Gasteiger partial charge on any atom is -0.397 e. The first-order valence-electron chi connectivity index (χ1n) is 5.14. The van der Waals surface area contributed by atoms with Gasteiger partial charge in [-0.3, -0.25) is 0 Å². The zero-order chi connectivity index (χ0) is 11.3. The molecule has 0 radical (unpaired) electrons. The molecule has 2 heteroatoms. The molecule has 78 valence electrons. The number of nitriles is 1. The monoisotopic (exact) mass is 200 g/mol. The number of nitrogens with two attached hydrogens (primary N) is 1. The topological polar surface area (TPSA) is 49.8 Å². The smallest absolute Gasteiger partial charge is 0.0968 e. The second-order valence-electron chi connectivity index (χ2n) is 3.62. The lowest BCUT2D eigenvalue weighted by Crippen LogP contribution is -2.00. The van der Waals surface area contributed by atoms with Crippen LogP contribution in [0.25, 0.3) is 5.70 Å². The summed E-state index contributed by atoms with van der Waals surface area (Å²) >= 11 is 0. The molecule has 0 saturated heterocycles. The summed E-state index contributed by atoms with van der Waals surface area (Å²) in [6.45, 7) is 4.07. The lowest BCUT2D eigenvalue weighted by molar-refractivity contribution is 0.929. The van der Waals surface area contributed by atoms with E-state index >= 15 is 0 Å². The van der Waals surface area contributed by atoms with Crippen LogP contribution in [0.5, 0.6) is 0 Å².